The van der Waals surface area contributed by atoms with Crippen LogP contribution in [0, 0.1) is 11.5 Å². The van der Waals surface area contributed by atoms with Gasteiger partial charge in [0.15, 0.2) is 11.3 Å². The van der Waals surface area contributed by atoms with E-state index in [1.165, 1.54) is 4.90 Å². The Morgan fingerprint density at radius 3 is 2.71 bits per heavy atom. The van der Waals surface area contributed by atoms with Crippen molar-refractivity contribution in [1.29, 1.82) is 5.26 Å². The van der Waals surface area contributed by atoms with Crippen molar-refractivity contribution in [1.82, 2.24) is 9.88 Å². The Morgan fingerprint density at radius 1 is 1.59 bits per heavy atom. The van der Waals surface area contributed by atoms with Gasteiger partial charge >= 0.3 is 0 Å². The number of guanidine groups is 1. The molecular formula is C11H14ClN5. The molecule has 0 bridgehead atoms. The minimum Gasteiger partial charge on any atom is -0.369 e. The summed E-state index contributed by atoms with van der Waals surface area (Å²) in [7, 11) is 0. The third-order valence-corrected chi connectivity index (χ3v) is 2.27. The number of nitriles is 1. The van der Waals surface area contributed by atoms with Crippen LogP contribution in [0.3, 0.4) is 0 Å². The van der Waals surface area contributed by atoms with E-state index in [2.05, 4.69) is 9.98 Å². The van der Waals surface area contributed by atoms with Gasteiger partial charge in [-0.3, -0.25) is 0 Å². The molecule has 0 atom stereocenters. The van der Waals surface area contributed by atoms with E-state index in [9.17, 15) is 0 Å². The minimum atomic E-state index is -0.434. The summed E-state index contributed by atoms with van der Waals surface area (Å²) in [5.74, 6) is 0.0925. The predicted octanol–water partition coefficient (Wildman–Crippen LogP) is 2.26. The summed E-state index contributed by atoms with van der Waals surface area (Å²) in [6, 6.07) is 3.38. The fraction of sp³-hybridized carbons (Fsp3) is 0.364. The van der Waals surface area contributed by atoms with Crippen molar-refractivity contribution < 1.29 is 0 Å². The van der Waals surface area contributed by atoms with Crippen molar-refractivity contribution in [3.63, 3.8) is 0 Å². The maximum absolute atomic E-state index is 9.05. The van der Waals surface area contributed by atoms with Gasteiger partial charge in [-0.1, -0.05) is 11.6 Å². The van der Waals surface area contributed by atoms with E-state index < -0.39 is 5.54 Å². The van der Waals surface area contributed by atoms with Crippen LogP contribution in [-0.2, 0) is 0 Å². The molecule has 0 amide bonds. The second kappa shape index (κ2) is 5.02. The van der Waals surface area contributed by atoms with Crippen molar-refractivity contribution in [2.75, 3.05) is 0 Å². The van der Waals surface area contributed by atoms with Gasteiger partial charge < -0.3 is 5.73 Å². The Morgan fingerprint density at radius 2 is 2.24 bits per heavy atom. The molecule has 1 aromatic heterocycles. The Hall–Kier alpha value is -1.80. The van der Waals surface area contributed by atoms with E-state index in [0.717, 1.165) is 0 Å². The summed E-state index contributed by atoms with van der Waals surface area (Å²) in [4.78, 5) is 9.30. The fourth-order valence-electron chi connectivity index (χ4n) is 1.18. The van der Waals surface area contributed by atoms with Crippen molar-refractivity contribution in [2.24, 2.45) is 10.7 Å². The van der Waals surface area contributed by atoms with Crippen molar-refractivity contribution >= 4 is 23.2 Å². The van der Waals surface area contributed by atoms with Gasteiger partial charge in [0.25, 0.3) is 0 Å². The molecule has 90 valence electrons. The third-order valence-electron chi connectivity index (χ3n) is 1.97. The van der Waals surface area contributed by atoms with Gasteiger partial charge in [-0.15, -0.1) is 0 Å². The zero-order valence-electron chi connectivity index (χ0n) is 9.98. The zero-order valence-corrected chi connectivity index (χ0v) is 10.7. The lowest BCUT2D eigenvalue weighted by atomic mass is 10.1. The number of rotatable bonds is 1. The van der Waals surface area contributed by atoms with E-state index in [1.54, 1.807) is 18.3 Å². The first-order chi connectivity index (χ1) is 7.86. The first kappa shape index (κ1) is 13.3. The number of aliphatic imine (C=N–C) groups is 1. The zero-order chi connectivity index (χ0) is 13.1. The molecule has 1 rings (SSSR count). The van der Waals surface area contributed by atoms with E-state index >= 15 is 0 Å². The summed E-state index contributed by atoms with van der Waals surface area (Å²) in [6.45, 7) is 5.59. The maximum Gasteiger partial charge on any atom is 0.210 e. The predicted molar refractivity (Wildman–Crippen MR) is 67.7 cm³/mol. The standard InChI is InChI=1S/C11H14ClN5/c1-11(2,3)17(7-13)10(14)16-8-5-4-6-15-9(8)12/h4-6H,1-3H3,(H2,14,16). The second-order valence-electron chi connectivity index (χ2n) is 4.39. The quantitative estimate of drug-likeness (QED) is 0.273. The number of pyridine rings is 1. The number of aromatic nitrogens is 1. The Labute approximate surface area is 106 Å². The average molecular weight is 252 g/mol. The Bertz CT molecular complexity index is 469. The highest BCUT2D eigenvalue weighted by Gasteiger charge is 2.23. The number of hydrogen-bond donors (Lipinski definition) is 1. The topological polar surface area (TPSA) is 78.3 Å². The Kier molecular flexibility index (Phi) is 3.92. The molecule has 0 fully saturated rings. The Balaban J connectivity index is 3.09. The van der Waals surface area contributed by atoms with Crippen LogP contribution in [-0.4, -0.2) is 21.4 Å². The number of nitrogens with zero attached hydrogens (tertiary/aromatic N) is 4. The highest BCUT2D eigenvalue weighted by atomic mass is 35.5. The summed E-state index contributed by atoms with van der Waals surface area (Å²) in [5, 5.41) is 9.30. The van der Waals surface area contributed by atoms with Gasteiger partial charge in [-0.25, -0.2) is 14.9 Å². The molecule has 0 aromatic carbocycles. The molecule has 0 unspecified atom stereocenters. The first-order valence-electron chi connectivity index (χ1n) is 5.01. The van der Waals surface area contributed by atoms with Crippen LogP contribution in [0.4, 0.5) is 5.69 Å². The smallest absolute Gasteiger partial charge is 0.210 e. The second-order valence-corrected chi connectivity index (χ2v) is 4.75. The molecule has 2 N–H and O–H groups in total. The van der Waals surface area contributed by atoms with Crippen LogP contribution < -0.4 is 5.73 Å². The molecule has 0 saturated heterocycles. The molecule has 17 heavy (non-hydrogen) atoms. The molecule has 0 aliphatic heterocycles. The largest absolute Gasteiger partial charge is 0.369 e. The fourth-order valence-corrected chi connectivity index (χ4v) is 1.34. The highest BCUT2D eigenvalue weighted by molar-refractivity contribution is 6.31. The van der Waals surface area contributed by atoms with Crippen molar-refractivity contribution in [3.8, 4) is 6.19 Å². The van der Waals surface area contributed by atoms with E-state index in [0.29, 0.717) is 5.69 Å². The lowest BCUT2D eigenvalue weighted by molar-refractivity contribution is 0.321. The van der Waals surface area contributed by atoms with Gasteiger partial charge in [0.1, 0.15) is 5.69 Å². The molecule has 0 aliphatic carbocycles. The molecule has 1 aromatic rings. The first-order valence-corrected chi connectivity index (χ1v) is 5.38. The van der Waals surface area contributed by atoms with Gasteiger partial charge in [0.2, 0.25) is 5.96 Å². The molecule has 0 saturated carbocycles. The summed E-state index contributed by atoms with van der Waals surface area (Å²) >= 11 is 5.86. The summed E-state index contributed by atoms with van der Waals surface area (Å²) in [6.07, 6.45) is 3.55. The number of halogens is 1. The lowest BCUT2D eigenvalue weighted by Gasteiger charge is -2.29. The number of nitrogens with two attached hydrogens (primary N) is 1. The van der Waals surface area contributed by atoms with Crippen molar-refractivity contribution in [2.45, 2.75) is 26.3 Å². The van der Waals surface area contributed by atoms with E-state index in [1.807, 2.05) is 27.0 Å². The van der Waals surface area contributed by atoms with Crippen LogP contribution in [0.2, 0.25) is 5.15 Å². The maximum atomic E-state index is 9.05. The molecule has 6 heteroatoms. The molecule has 1 heterocycles. The van der Waals surface area contributed by atoms with Crippen molar-refractivity contribution in [3.05, 3.63) is 23.5 Å². The van der Waals surface area contributed by atoms with Gasteiger partial charge in [0, 0.05) is 11.7 Å². The molecule has 0 aliphatic rings. The highest BCUT2D eigenvalue weighted by Crippen LogP contribution is 2.22. The average Bonchev–Trinajstić information content (AvgIpc) is 2.20. The summed E-state index contributed by atoms with van der Waals surface area (Å²) < 4.78 is 0. The lowest BCUT2D eigenvalue weighted by Crippen LogP contribution is -2.46. The molecule has 0 spiro atoms. The SMILES string of the molecule is CC(C)(C)N(C#N)C(N)=Nc1cccnc1Cl. The monoisotopic (exact) mass is 251 g/mol. The molecular weight excluding hydrogens is 238 g/mol. The summed E-state index contributed by atoms with van der Waals surface area (Å²) in [5.41, 5.74) is 5.79. The van der Waals surface area contributed by atoms with Crippen LogP contribution in [0.1, 0.15) is 20.8 Å². The number of hydrogen-bond acceptors (Lipinski definition) is 3. The molecule has 5 nitrogen and oxygen atoms in total. The minimum absolute atomic E-state index is 0.0925. The van der Waals surface area contributed by atoms with Gasteiger partial charge in [-0.05, 0) is 32.9 Å². The van der Waals surface area contributed by atoms with Crippen LogP contribution >= 0.6 is 11.6 Å². The van der Waals surface area contributed by atoms with E-state index in [-0.39, 0.29) is 11.1 Å². The van der Waals surface area contributed by atoms with Gasteiger partial charge in [0.05, 0.1) is 0 Å². The van der Waals surface area contributed by atoms with Crippen LogP contribution in [0.15, 0.2) is 23.3 Å². The van der Waals surface area contributed by atoms with Gasteiger partial charge in [-0.2, -0.15) is 5.26 Å². The van der Waals surface area contributed by atoms with Crippen LogP contribution in [0.25, 0.3) is 0 Å². The van der Waals surface area contributed by atoms with Crippen LogP contribution in [0.5, 0.6) is 0 Å². The third kappa shape index (κ3) is 3.33. The molecule has 0 radical (unpaired) electrons. The normalized spacial score (nSPS) is 12.1. The van der Waals surface area contributed by atoms with E-state index in [4.69, 9.17) is 22.6 Å².